The maximum Gasteiger partial charge on any atom is 0.241 e. The number of carbonyl (C=O) groups is 1. The first-order valence-electron chi connectivity index (χ1n) is 9.93. The zero-order valence-electron chi connectivity index (χ0n) is 16.0. The molecule has 0 bridgehead atoms. The highest BCUT2D eigenvalue weighted by Gasteiger charge is 2.48. The molecule has 1 aliphatic heterocycles. The lowest BCUT2D eigenvalue weighted by Gasteiger charge is -2.44. The van der Waals surface area contributed by atoms with Crippen LogP contribution >= 0.6 is 0 Å². The molecule has 0 unspecified atom stereocenters. The van der Waals surface area contributed by atoms with Crippen molar-refractivity contribution in [2.75, 3.05) is 32.7 Å². The second kappa shape index (κ2) is 7.79. The minimum absolute atomic E-state index is 0.153. The Morgan fingerprint density at radius 3 is 2.26 bits per heavy atom. The van der Waals surface area contributed by atoms with Crippen molar-refractivity contribution in [2.45, 2.75) is 31.8 Å². The Kier molecular flexibility index (Phi) is 5.23. The number of likely N-dealkylation sites (N-methyl/N-ethyl adjacent to an activating group) is 1. The topological polar surface area (TPSA) is 48.5 Å². The van der Waals surface area contributed by atoms with Crippen LogP contribution in [0.15, 0.2) is 48.8 Å². The number of piperazine rings is 1. The van der Waals surface area contributed by atoms with E-state index >= 15 is 0 Å². The van der Waals surface area contributed by atoms with Gasteiger partial charge in [0.25, 0.3) is 0 Å². The molecule has 1 aromatic carbocycles. The van der Waals surface area contributed by atoms with Gasteiger partial charge < -0.3 is 10.2 Å². The molecule has 27 heavy (non-hydrogen) atoms. The highest BCUT2D eigenvalue weighted by Crippen LogP contribution is 2.35. The monoisotopic (exact) mass is 364 g/mol. The normalized spacial score (nSPS) is 19.6. The lowest BCUT2D eigenvalue weighted by atomic mass is 9.90. The van der Waals surface area contributed by atoms with Crippen molar-refractivity contribution in [3.8, 4) is 0 Å². The molecule has 5 nitrogen and oxygen atoms in total. The third kappa shape index (κ3) is 3.62. The summed E-state index contributed by atoms with van der Waals surface area (Å²) in [4.78, 5) is 22.4. The van der Waals surface area contributed by atoms with Gasteiger partial charge in [0.2, 0.25) is 5.91 Å². The minimum Gasteiger partial charge on any atom is -0.350 e. The summed E-state index contributed by atoms with van der Waals surface area (Å²) in [5.74, 6) is 0.153. The lowest BCUT2D eigenvalue weighted by molar-refractivity contribution is -0.135. The van der Waals surface area contributed by atoms with Crippen molar-refractivity contribution in [3.63, 3.8) is 0 Å². The molecule has 1 fully saturated rings. The van der Waals surface area contributed by atoms with E-state index in [2.05, 4.69) is 51.3 Å². The number of hydrogen-bond acceptors (Lipinski definition) is 4. The molecule has 0 spiro atoms. The van der Waals surface area contributed by atoms with Crippen molar-refractivity contribution < 1.29 is 4.79 Å². The summed E-state index contributed by atoms with van der Waals surface area (Å²) in [6.45, 7) is 7.80. The number of fused-ring (bicyclic) bond motifs is 1. The van der Waals surface area contributed by atoms with Crippen LogP contribution in [0.5, 0.6) is 0 Å². The van der Waals surface area contributed by atoms with E-state index in [1.165, 1.54) is 11.1 Å². The first-order chi connectivity index (χ1) is 13.2. The molecular weight excluding hydrogens is 336 g/mol. The number of pyridine rings is 1. The summed E-state index contributed by atoms with van der Waals surface area (Å²) in [5.41, 5.74) is 3.25. The molecule has 0 radical (unpaired) electrons. The van der Waals surface area contributed by atoms with Crippen LogP contribution in [0.1, 0.15) is 23.6 Å². The average molecular weight is 364 g/mol. The van der Waals surface area contributed by atoms with Gasteiger partial charge in [-0.25, -0.2) is 0 Å². The molecule has 0 saturated carbocycles. The Morgan fingerprint density at radius 1 is 1.04 bits per heavy atom. The average Bonchev–Trinajstić information content (AvgIpc) is 3.14. The van der Waals surface area contributed by atoms with Gasteiger partial charge in [0.1, 0.15) is 5.54 Å². The number of benzene rings is 1. The summed E-state index contributed by atoms with van der Waals surface area (Å²) in [6.07, 6.45) is 5.15. The molecule has 2 aliphatic rings. The van der Waals surface area contributed by atoms with Gasteiger partial charge in [-0.1, -0.05) is 31.2 Å². The molecule has 1 amide bonds. The van der Waals surface area contributed by atoms with Crippen LogP contribution in [-0.4, -0.2) is 59.0 Å². The van der Waals surface area contributed by atoms with Crippen LogP contribution in [0, 0.1) is 0 Å². The molecule has 1 aliphatic carbocycles. The van der Waals surface area contributed by atoms with E-state index in [-0.39, 0.29) is 5.91 Å². The van der Waals surface area contributed by atoms with Gasteiger partial charge in [0.05, 0.1) is 0 Å². The van der Waals surface area contributed by atoms with Crippen LogP contribution in [0.3, 0.4) is 0 Å². The van der Waals surface area contributed by atoms with Crippen molar-refractivity contribution in [2.24, 2.45) is 0 Å². The third-order valence-corrected chi connectivity index (χ3v) is 6.13. The number of hydrogen-bond donors (Lipinski definition) is 1. The second-order valence-electron chi connectivity index (χ2n) is 7.61. The SMILES string of the molecule is CCN1CCN(C2(C(=O)NCc3ccncc3)Cc3ccccc3C2)CC1. The van der Waals surface area contributed by atoms with E-state index < -0.39 is 5.54 Å². The van der Waals surface area contributed by atoms with E-state index in [9.17, 15) is 4.79 Å². The Balaban J connectivity index is 1.54. The van der Waals surface area contributed by atoms with Crippen LogP contribution in [0.4, 0.5) is 0 Å². The van der Waals surface area contributed by atoms with Gasteiger partial charge in [-0.15, -0.1) is 0 Å². The van der Waals surface area contributed by atoms with Crippen LogP contribution in [-0.2, 0) is 24.2 Å². The molecular formula is C22H28N4O. The third-order valence-electron chi connectivity index (χ3n) is 6.13. The molecule has 1 aromatic heterocycles. The standard InChI is InChI=1S/C22H28N4O/c1-2-25-11-13-26(14-12-25)22(15-19-5-3-4-6-20(19)16-22)21(27)24-17-18-7-9-23-10-8-18/h3-10H,2,11-17H2,1H3,(H,24,27). The van der Waals surface area contributed by atoms with E-state index in [0.717, 1.165) is 51.1 Å². The number of aromatic nitrogens is 1. The summed E-state index contributed by atoms with van der Waals surface area (Å²) in [7, 11) is 0. The predicted molar refractivity (Wildman–Crippen MR) is 106 cm³/mol. The molecule has 2 aromatic rings. The Hall–Kier alpha value is -2.24. The summed E-state index contributed by atoms with van der Waals surface area (Å²) < 4.78 is 0. The highest BCUT2D eigenvalue weighted by atomic mass is 16.2. The fourth-order valence-corrected chi connectivity index (χ4v) is 4.46. The van der Waals surface area contributed by atoms with Crippen LogP contribution < -0.4 is 5.32 Å². The van der Waals surface area contributed by atoms with E-state index in [0.29, 0.717) is 6.54 Å². The van der Waals surface area contributed by atoms with Crippen molar-refractivity contribution in [1.82, 2.24) is 20.1 Å². The second-order valence-corrected chi connectivity index (χ2v) is 7.61. The summed E-state index contributed by atoms with van der Waals surface area (Å²) >= 11 is 0. The van der Waals surface area contributed by atoms with E-state index in [1.807, 2.05) is 12.1 Å². The van der Waals surface area contributed by atoms with Gasteiger partial charge in [0, 0.05) is 58.0 Å². The molecule has 1 saturated heterocycles. The van der Waals surface area contributed by atoms with Crippen molar-refractivity contribution in [3.05, 3.63) is 65.5 Å². The van der Waals surface area contributed by atoms with Gasteiger partial charge >= 0.3 is 0 Å². The maximum absolute atomic E-state index is 13.5. The maximum atomic E-state index is 13.5. The van der Waals surface area contributed by atoms with Gasteiger partial charge in [-0.2, -0.15) is 0 Å². The summed E-state index contributed by atoms with van der Waals surface area (Å²) in [5, 5.41) is 3.22. The lowest BCUT2D eigenvalue weighted by Crippen LogP contribution is -2.64. The zero-order chi connectivity index (χ0) is 18.7. The summed E-state index contributed by atoms with van der Waals surface area (Å²) in [6, 6.07) is 12.4. The Labute approximate surface area is 161 Å². The first-order valence-corrected chi connectivity index (χ1v) is 9.93. The minimum atomic E-state index is -0.462. The van der Waals surface area contributed by atoms with Crippen molar-refractivity contribution >= 4 is 5.91 Å². The fraction of sp³-hybridized carbons (Fsp3) is 0.455. The number of carbonyl (C=O) groups excluding carboxylic acids is 1. The Morgan fingerprint density at radius 2 is 1.67 bits per heavy atom. The van der Waals surface area contributed by atoms with Crippen LogP contribution in [0.2, 0.25) is 0 Å². The number of rotatable bonds is 5. The predicted octanol–water partition coefficient (Wildman–Crippen LogP) is 1.87. The quantitative estimate of drug-likeness (QED) is 0.880. The van der Waals surface area contributed by atoms with Crippen molar-refractivity contribution in [1.29, 1.82) is 0 Å². The highest BCUT2D eigenvalue weighted by molar-refractivity contribution is 5.88. The smallest absolute Gasteiger partial charge is 0.241 e. The molecule has 1 N–H and O–H groups in total. The number of nitrogens with zero attached hydrogens (tertiary/aromatic N) is 3. The molecule has 4 rings (SSSR count). The zero-order valence-corrected chi connectivity index (χ0v) is 16.0. The van der Waals surface area contributed by atoms with E-state index in [1.54, 1.807) is 12.4 Å². The first kappa shape index (κ1) is 18.1. The number of nitrogens with one attached hydrogen (secondary N) is 1. The molecule has 2 heterocycles. The molecule has 0 atom stereocenters. The van der Waals surface area contributed by atoms with Gasteiger partial charge in [-0.05, 0) is 35.4 Å². The van der Waals surface area contributed by atoms with Gasteiger partial charge in [0.15, 0.2) is 0 Å². The molecule has 5 heteroatoms. The van der Waals surface area contributed by atoms with Crippen LogP contribution in [0.25, 0.3) is 0 Å². The molecule has 142 valence electrons. The van der Waals surface area contributed by atoms with E-state index in [4.69, 9.17) is 0 Å². The largest absolute Gasteiger partial charge is 0.350 e. The number of amides is 1. The fourth-order valence-electron chi connectivity index (χ4n) is 4.46. The van der Waals surface area contributed by atoms with Gasteiger partial charge in [-0.3, -0.25) is 14.7 Å². The Bertz CT molecular complexity index is 759.